The summed E-state index contributed by atoms with van der Waals surface area (Å²) in [5, 5.41) is 13.4. The van der Waals surface area contributed by atoms with Crippen molar-refractivity contribution in [2.45, 2.75) is 57.4 Å². The summed E-state index contributed by atoms with van der Waals surface area (Å²) in [4.78, 5) is 21.9. The second-order valence-electron chi connectivity index (χ2n) is 8.10. The minimum atomic E-state index is -0.696. The molecular formula is C18H31ClN6O. The van der Waals surface area contributed by atoms with Gasteiger partial charge in [0.15, 0.2) is 0 Å². The van der Waals surface area contributed by atoms with Crippen molar-refractivity contribution in [3.8, 4) is 0 Å². The number of alkyl halides is 1. The van der Waals surface area contributed by atoms with Crippen LogP contribution in [0.3, 0.4) is 0 Å². The number of fused-ring (bicyclic) bond motifs is 1. The Kier molecular flexibility index (Phi) is 6.01. The van der Waals surface area contributed by atoms with Crippen molar-refractivity contribution in [1.82, 2.24) is 21.3 Å². The van der Waals surface area contributed by atoms with Gasteiger partial charge in [0.25, 0.3) is 0 Å². The Labute approximate surface area is 160 Å². The third kappa shape index (κ3) is 4.11. The number of nitrogens with one attached hydrogen (secondary N) is 4. The first-order valence-electron chi connectivity index (χ1n) is 9.60. The zero-order valence-electron chi connectivity index (χ0n) is 16.1. The highest BCUT2D eigenvalue weighted by Gasteiger charge is 2.43. The molecule has 6 atom stereocenters. The summed E-state index contributed by atoms with van der Waals surface area (Å²) in [6.45, 7) is 10.1. The van der Waals surface area contributed by atoms with Gasteiger partial charge in [-0.25, -0.2) is 4.99 Å². The predicted octanol–water partition coefficient (Wildman–Crippen LogP) is 0.698. The number of carbonyl (C=O) groups is 1. The summed E-state index contributed by atoms with van der Waals surface area (Å²) in [5.74, 6) is 1.61. The maximum absolute atomic E-state index is 12.3. The molecule has 26 heavy (non-hydrogen) atoms. The maximum atomic E-state index is 12.3. The fourth-order valence-electron chi connectivity index (χ4n) is 3.97. The second kappa shape index (κ2) is 7.92. The van der Waals surface area contributed by atoms with E-state index in [4.69, 9.17) is 16.6 Å². The minimum absolute atomic E-state index is 0.0180. The summed E-state index contributed by atoms with van der Waals surface area (Å²) in [5.41, 5.74) is -0.696. The molecular weight excluding hydrogens is 352 g/mol. The van der Waals surface area contributed by atoms with Crippen molar-refractivity contribution in [1.29, 1.82) is 0 Å². The molecule has 3 aliphatic rings. The normalized spacial score (nSPS) is 37.2. The Balaban J connectivity index is 1.73. The van der Waals surface area contributed by atoms with Crippen LogP contribution >= 0.6 is 11.6 Å². The van der Waals surface area contributed by atoms with Crippen LogP contribution in [-0.4, -0.2) is 60.8 Å². The minimum Gasteiger partial charge on any atom is -0.355 e. The first-order valence-corrected chi connectivity index (χ1v) is 10.0. The summed E-state index contributed by atoms with van der Waals surface area (Å²) in [7, 11) is 0. The molecule has 146 valence electrons. The van der Waals surface area contributed by atoms with E-state index in [0.717, 1.165) is 25.3 Å². The number of amidine groups is 1. The molecule has 3 aliphatic heterocycles. The molecule has 8 heteroatoms. The van der Waals surface area contributed by atoms with E-state index in [-0.39, 0.29) is 35.5 Å². The summed E-state index contributed by atoms with van der Waals surface area (Å²) >= 11 is 6.37. The molecule has 3 rings (SSSR count). The second-order valence-corrected chi connectivity index (χ2v) is 8.71. The van der Waals surface area contributed by atoms with Gasteiger partial charge in [0.1, 0.15) is 12.0 Å². The molecule has 3 heterocycles. The molecule has 6 unspecified atom stereocenters. The Bertz CT molecular complexity index is 592. The molecule has 2 saturated heterocycles. The summed E-state index contributed by atoms with van der Waals surface area (Å²) < 4.78 is 0. The molecule has 7 nitrogen and oxygen atoms in total. The van der Waals surface area contributed by atoms with E-state index >= 15 is 0 Å². The molecule has 4 N–H and O–H groups in total. The molecule has 1 amide bonds. The van der Waals surface area contributed by atoms with Crippen LogP contribution in [-0.2, 0) is 4.79 Å². The van der Waals surface area contributed by atoms with Crippen LogP contribution < -0.4 is 21.3 Å². The largest absolute Gasteiger partial charge is 0.355 e. The highest BCUT2D eigenvalue weighted by molar-refractivity contribution is 6.20. The third-order valence-electron chi connectivity index (χ3n) is 5.55. The van der Waals surface area contributed by atoms with E-state index in [1.54, 1.807) is 0 Å². The number of nitrogens with zero attached hydrogens (tertiary/aromatic N) is 2. The molecule has 0 bridgehead atoms. The lowest BCUT2D eigenvalue weighted by Crippen LogP contribution is -2.57. The first-order chi connectivity index (χ1) is 12.3. The topological polar surface area (TPSA) is 89.9 Å². The number of piperidine rings is 1. The van der Waals surface area contributed by atoms with E-state index in [1.165, 1.54) is 0 Å². The number of rotatable bonds is 5. The van der Waals surface area contributed by atoms with E-state index in [9.17, 15) is 4.79 Å². The number of likely N-dealkylation sites (N-methyl/N-ethyl adjacent to an activating group) is 1. The number of amides is 1. The molecule has 0 aliphatic carbocycles. The highest BCUT2D eigenvalue weighted by Crippen LogP contribution is 2.33. The van der Waals surface area contributed by atoms with Crippen LogP contribution in [0.25, 0.3) is 0 Å². The lowest BCUT2D eigenvalue weighted by molar-refractivity contribution is -0.126. The zero-order chi connectivity index (χ0) is 18.9. The zero-order valence-corrected chi connectivity index (χ0v) is 16.8. The van der Waals surface area contributed by atoms with Gasteiger partial charge in [0.05, 0.1) is 11.7 Å². The molecule has 2 fully saturated rings. The van der Waals surface area contributed by atoms with Gasteiger partial charge in [0, 0.05) is 43.1 Å². The van der Waals surface area contributed by atoms with Crippen LogP contribution in [0.5, 0.6) is 0 Å². The molecule has 0 aromatic carbocycles. The van der Waals surface area contributed by atoms with Gasteiger partial charge in [-0.1, -0.05) is 6.92 Å². The van der Waals surface area contributed by atoms with Crippen molar-refractivity contribution in [2.24, 2.45) is 27.7 Å². The Morgan fingerprint density at radius 1 is 1.38 bits per heavy atom. The standard InChI is InChI=1S/C18H31ClN6O/c1-5-20-17(26)18(3,4)25-14-10(2)7-21-16(24-14)13-9-23-15-12(13)6-11(19)8-22-15/h7,10-15,22-23,25H,5-6,8-9H2,1-4H3,(H,20,26). The van der Waals surface area contributed by atoms with Crippen molar-refractivity contribution >= 4 is 29.6 Å². The van der Waals surface area contributed by atoms with Gasteiger partial charge in [0.2, 0.25) is 5.91 Å². The van der Waals surface area contributed by atoms with Gasteiger partial charge in [-0.05, 0) is 33.1 Å². The number of hydrogen-bond donors (Lipinski definition) is 4. The fourth-order valence-corrected chi connectivity index (χ4v) is 4.26. The Hall–Kier alpha value is -1.02. The monoisotopic (exact) mass is 382 g/mol. The summed E-state index contributed by atoms with van der Waals surface area (Å²) in [6.07, 6.45) is 3.03. The number of carbonyl (C=O) groups excluding carboxylic acids is 1. The smallest absolute Gasteiger partial charge is 0.239 e. The van der Waals surface area contributed by atoms with E-state index < -0.39 is 5.54 Å². The molecule has 0 aromatic rings. The Morgan fingerprint density at radius 2 is 2.12 bits per heavy atom. The first kappa shape index (κ1) is 19.7. The fraction of sp³-hybridized carbons (Fsp3) is 0.833. The lowest BCUT2D eigenvalue weighted by atomic mass is 9.86. The molecule has 0 aromatic heterocycles. The quantitative estimate of drug-likeness (QED) is 0.527. The molecule has 0 saturated carbocycles. The predicted molar refractivity (Wildman–Crippen MR) is 106 cm³/mol. The van der Waals surface area contributed by atoms with Gasteiger partial charge in [-0.3, -0.25) is 15.1 Å². The van der Waals surface area contributed by atoms with E-state index in [2.05, 4.69) is 33.2 Å². The van der Waals surface area contributed by atoms with Gasteiger partial charge in [-0.2, -0.15) is 0 Å². The van der Waals surface area contributed by atoms with Crippen molar-refractivity contribution < 1.29 is 4.79 Å². The number of hydrogen-bond acceptors (Lipinski definition) is 6. The maximum Gasteiger partial charge on any atom is 0.239 e. The van der Waals surface area contributed by atoms with Crippen LogP contribution in [0, 0.1) is 17.8 Å². The van der Waals surface area contributed by atoms with Crippen LogP contribution in [0.1, 0.15) is 34.1 Å². The van der Waals surface area contributed by atoms with Crippen molar-refractivity contribution in [3.05, 3.63) is 0 Å². The van der Waals surface area contributed by atoms with Gasteiger partial charge >= 0.3 is 0 Å². The van der Waals surface area contributed by atoms with Crippen LogP contribution in [0.4, 0.5) is 0 Å². The van der Waals surface area contributed by atoms with Gasteiger partial charge < -0.3 is 16.0 Å². The molecule has 0 radical (unpaired) electrons. The highest BCUT2D eigenvalue weighted by atomic mass is 35.5. The van der Waals surface area contributed by atoms with Crippen molar-refractivity contribution in [3.63, 3.8) is 0 Å². The van der Waals surface area contributed by atoms with Gasteiger partial charge in [-0.15, -0.1) is 11.6 Å². The average Bonchev–Trinajstić information content (AvgIpc) is 3.00. The third-order valence-corrected chi connectivity index (χ3v) is 5.88. The number of aliphatic imine (C=N–C) groups is 2. The Morgan fingerprint density at radius 3 is 2.85 bits per heavy atom. The molecule has 0 spiro atoms. The SMILES string of the molecule is CCNC(=O)C(C)(C)NC1N=C(C2CNC3NCC(Cl)CC32)N=CC1C. The van der Waals surface area contributed by atoms with E-state index in [1.807, 2.05) is 27.0 Å². The number of halogens is 1. The van der Waals surface area contributed by atoms with Crippen LogP contribution in [0.15, 0.2) is 9.98 Å². The lowest BCUT2D eigenvalue weighted by Gasteiger charge is -2.35. The summed E-state index contributed by atoms with van der Waals surface area (Å²) in [6, 6.07) is 0. The van der Waals surface area contributed by atoms with Crippen molar-refractivity contribution in [2.75, 3.05) is 19.6 Å². The average molecular weight is 383 g/mol. The van der Waals surface area contributed by atoms with E-state index in [0.29, 0.717) is 12.5 Å². The van der Waals surface area contributed by atoms with Crippen LogP contribution in [0.2, 0.25) is 0 Å².